The van der Waals surface area contributed by atoms with E-state index in [0.717, 1.165) is 25.1 Å². The van der Waals surface area contributed by atoms with E-state index >= 15 is 0 Å². The van der Waals surface area contributed by atoms with Gasteiger partial charge in [0.05, 0.1) is 17.1 Å². The lowest BCUT2D eigenvalue weighted by Crippen LogP contribution is -2.17. The summed E-state index contributed by atoms with van der Waals surface area (Å²) >= 11 is 0. The van der Waals surface area contributed by atoms with Crippen molar-refractivity contribution in [2.45, 2.75) is 18.9 Å². The zero-order valence-corrected chi connectivity index (χ0v) is 10.1. The van der Waals surface area contributed by atoms with Crippen LogP contribution >= 0.6 is 0 Å². The summed E-state index contributed by atoms with van der Waals surface area (Å²) in [5.74, 6) is -2.21. The molecule has 0 radical (unpaired) electrons. The zero-order chi connectivity index (χ0) is 14.4. The Morgan fingerprint density at radius 1 is 1.35 bits per heavy atom. The number of nitrogens with zero attached hydrogens (tertiary/aromatic N) is 1. The Labute approximate surface area is 111 Å². The highest BCUT2D eigenvalue weighted by Gasteiger charge is 2.28. The van der Waals surface area contributed by atoms with Gasteiger partial charge in [0, 0.05) is 12.1 Å². The van der Waals surface area contributed by atoms with Gasteiger partial charge in [0.25, 0.3) is 0 Å². The molecule has 104 valence electrons. The van der Waals surface area contributed by atoms with Crippen LogP contribution < -0.4 is 10.2 Å². The van der Waals surface area contributed by atoms with Gasteiger partial charge in [-0.2, -0.15) is 0 Å². The molecule has 1 aromatic carbocycles. The standard InChI is InChI=1S/C13H9F2NO4/c14-6-3-8-11(9(15)4-6)16(7-1-2-7)5-10(12(8)17)20-13(18)19/h3-5,7H,1-2H2,(H,18,19). The van der Waals surface area contributed by atoms with Crippen LogP contribution in [0.2, 0.25) is 0 Å². The third-order valence-corrected chi connectivity index (χ3v) is 3.15. The average Bonchev–Trinajstić information content (AvgIpc) is 3.16. The summed E-state index contributed by atoms with van der Waals surface area (Å²) in [4.78, 5) is 22.6. The summed E-state index contributed by atoms with van der Waals surface area (Å²) in [6.07, 6.45) is 1.07. The third kappa shape index (κ3) is 2.01. The van der Waals surface area contributed by atoms with Crippen molar-refractivity contribution in [3.63, 3.8) is 0 Å². The molecule has 0 bridgehead atoms. The molecule has 0 spiro atoms. The monoisotopic (exact) mass is 281 g/mol. The maximum atomic E-state index is 13.9. The fourth-order valence-corrected chi connectivity index (χ4v) is 2.19. The lowest BCUT2D eigenvalue weighted by molar-refractivity contribution is 0.143. The molecule has 3 rings (SSSR count). The van der Waals surface area contributed by atoms with Crippen LogP contribution in [0.1, 0.15) is 18.9 Å². The maximum absolute atomic E-state index is 13.9. The van der Waals surface area contributed by atoms with Gasteiger partial charge in [-0.15, -0.1) is 0 Å². The molecular formula is C13H9F2NO4. The van der Waals surface area contributed by atoms with E-state index in [-0.39, 0.29) is 16.9 Å². The average molecular weight is 281 g/mol. The number of halogens is 2. The van der Waals surface area contributed by atoms with Gasteiger partial charge in [-0.1, -0.05) is 0 Å². The molecule has 0 atom stereocenters. The third-order valence-electron chi connectivity index (χ3n) is 3.15. The topological polar surface area (TPSA) is 68.5 Å². The van der Waals surface area contributed by atoms with Crippen LogP contribution in [0, 0.1) is 11.6 Å². The zero-order valence-electron chi connectivity index (χ0n) is 10.1. The summed E-state index contributed by atoms with van der Waals surface area (Å²) in [7, 11) is 0. The molecule has 0 unspecified atom stereocenters. The maximum Gasteiger partial charge on any atom is 0.511 e. The number of ether oxygens (including phenoxy) is 1. The van der Waals surface area contributed by atoms with E-state index in [9.17, 15) is 18.4 Å². The number of carboxylic acid groups (broad SMARTS) is 1. The van der Waals surface area contributed by atoms with E-state index in [4.69, 9.17) is 5.11 Å². The first-order valence-electron chi connectivity index (χ1n) is 5.92. The molecule has 1 saturated carbocycles. The Hall–Kier alpha value is -2.44. The first-order chi connectivity index (χ1) is 9.47. The molecule has 1 heterocycles. The van der Waals surface area contributed by atoms with Gasteiger partial charge < -0.3 is 14.4 Å². The van der Waals surface area contributed by atoms with Crippen LogP contribution in [-0.2, 0) is 0 Å². The number of rotatable bonds is 2. The molecule has 7 heteroatoms. The lowest BCUT2D eigenvalue weighted by atomic mass is 10.2. The van der Waals surface area contributed by atoms with Crippen LogP contribution in [-0.4, -0.2) is 15.8 Å². The molecule has 1 aliphatic rings. The second-order valence-corrected chi connectivity index (χ2v) is 4.61. The molecule has 0 aliphatic heterocycles. The van der Waals surface area contributed by atoms with Crippen molar-refractivity contribution in [2.75, 3.05) is 0 Å². The second kappa shape index (κ2) is 4.29. The number of benzene rings is 1. The number of hydrogen-bond donors (Lipinski definition) is 1. The highest BCUT2D eigenvalue weighted by Crippen LogP contribution is 2.38. The molecule has 1 fully saturated rings. The van der Waals surface area contributed by atoms with Crippen LogP contribution in [0.5, 0.6) is 5.75 Å². The number of hydrogen-bond acceptors (Lipinski definition) is 3. The molecule has 0 saturated heterocycles. The van der Waals surface area contributed by atoms with Crippen LogP contribution in [0.4, 0.5) is 13.6 Å². The van der Waals surface area contributed by atoms with E-state index < -0.39 is 29.0 Å². The summed E-state index contributed by atoms with van der Waals surface area (Å²) < 4.78 is 33.0. The van der Waals surface area contributed by atoms with Crippen molar-refractivity contribution in [2.24, 2.45) is 0 Å². The van der Waals surface area contributed by atoms with E-state index in [1.165, 1.54) is 4.57 Å². The van der Waals surface area contributed by atoms with Crippen LogP contribution in [0.3, 0.4) is 0 Å². The summed E-state index contributed by atoms with van der Waals surface area (Å²) in [5.41, 5.74) is -0.880. The number of pyridine rings is 1. The first-order valence-corrected chi connectivity index (χ1v) is 5.92. The van der Waals surface area contributed by atoms with Crippen molar-refractivity contribution in [1.82, 2.24) is 4.57 Å². The van der Waals surface area contributed by atoms with E-state index in [0.29, 0.717) is 6.07 Å². The van der Waals surface area contributed by atoms with Crippen molar-refractivity contribution in [3.05, 3.63) is 40.2 Å². The van der Waals surface area contributed by atoms with E-state index in [1.54, 1.807) is 0 Å². The highest BCUT2D eigenvalue weighted by atomic mass is 19.1. The molecule has 0 amide bonds. The van der Waals surface area contributed by atoms with Gasteiger partial charge in [-0.25, -0.2) is 13.6 Å². The SMILES string of the molecule is O=C(O)Oc1cn(C2CC2)c2c(F)cc(F)cc2c1=O. The van der Waals surface area contributed by atoms with Gasteiger partial charge in [0.1, 0.15) is 5.82 Å². The van der Waals surface area contributed by atoms with Crippen LogP contribution in [0.25, 0.3) is 10.9 Å². The minimum Gasteiger partial charge on any atom is -0.449 e. The normalized spacial score (nSPS) is 14.5. The van der Waals surface area contributed by atoms with Crippen molar-refractivity contribution in [3.8, 4) is 5.75 Å². The number of fused-ring (bicyclic) bond motifs is 1. The number of aromatic nitrogens is 1. The smallest absolute Gasteiger partial charge is 0.449 e. The molecule has 5 nitrogen and oxygen atoms in total. The number of carbonyl (C=O) groups is 1. The van der Waals surface area contributed by atoms with Crippen LogP contribution in [0.15, 0.2) is 23.1 Å². The van der Waals surface area contributed by atoms with Gasteiger partial charge in [0.2, 0.25) is 5.43 Å². The predicted octanol–water partition coefficient (Wildman–Crippen LogP) is 2.67. The Morgan fingerprint density at radius 2 is 2.05 bits per heavy atom. The second-order valence-electron chi connectivity index (χ2n) is 4.61. The molecule has 1 N–H and O–H groups in total. The quantitative estimate of drug-likeness (QED) is 0.859. The molecule has 1 aromatic heterocycles. The Morgan fingerprint density at radius 3 is 2.65 bits per heavy atom. The lowest BCUT2D eigenvalue weighted by Gasteiger charge is -2.12. The van der Waals surface area contributed by atoms with Gasteiger partial charge >= 0.3 is 6.16 Å². The summed E-state index contributed by atoms with van der Waals surface area (Å²) in [6, 6.07) is 1.54. The Bertz CT molecular complexity index is 780. The highest BCUT2D eigenvalue weighted by molar-refractivity contribution is 5.82. The Kier molecular flexibility index (Phi) is 2.70. The summed E-state index contributed by atoms with van der Waals surface area (Å²) in [6.45, 7) is 0. The van der Waals surface area contributed by atoms with E-state index in [2.05, 4.69) is 4.74 Å². The molecular weight excluding hydrogens is 272 g/mol. The fraction of sp³-hybridized carbons (Fsp3) is 0.231. The minimum atomic E-state index is -1.65. The van der Waals surface area contributed by atoms with E-state index in [1.807, 2.05) is 0 Å². The molecule has 2 aromatic rings. The first kappa shape index (κ1) is 12.6. The fourth-order valence-electron chi connectivity index (χ4n) is 2.19. The van der Waals surface area contributed by atoms with Crippen molar-refractivity contribution in [1.29, 1.82) is 0 Å². The summed E-state index contributed by atoms with van der Waals surface area (Å²) in [5, 5.41) is 8.37. The van der Waals surface area contributed by atoms with Gasteiger partial charge in [0.15, 0.2) is 11.6 Å². The van der Waals surface area contributed by atoms with Crippen molar-refractivity contribution >= 4 is 17.1 Å². The Balaban J connectivity index is 2.37. The van der Waals surface area contributed by atoms with Gasteiger partial charge in [-0.05, 0) is 18.9 Å². The predicted molar refractivity (Wildman–Crippen MR) is 65.0 cm³/mol. The van der Waals surface area contributed by atoms with Crippen molar-refractivity contribution < 1.29 is 23.4 Å². The minimum absolute atomic E-state index is 0.0309. The molecule has 20 heavy (non-hydrogen) atoms. The largest absolute Gasteiger partial charge is 0.511 e. The van der Waals surface area contributed by atoms with Gasteiger partial charge in [-0.3, -0.25) is 4.79 Å². The molecule has 1 aliphatic carbocycles.